The lowest BCUT2D eigenvalue weighted by molar-refractivity contribution is -0.384. The minimum Gasteiger partial charge on any atom is -0.402 e. The lowest BCUT2D eigenvalue weighted by Gasteiger charge is -2.03. The number of benzene rings is 2. The predicted molar refractivity (Wildman–Crippen MR) is 93.4 cm³/mol. The Labute approximate surface area is 146 Å². The maximum absolute atomic E-state index is 12.0. The number of urea groups is 1. The van der Waals surface area contributed by atoms with E-state index >= 15 is 0 Å². The summed E-state index contributed by atoms with van der Waals surface area (Å²) in [7, 11) is 0. The summed E-state index contributed by atoms with van der Waals surface area (Å²) in [5.74, 6) is -0.567. The number of nitro benzene ring substituents is 1. The Hall–Kier alpha value is -4.01. The molecule has 1 aliphatic rings. The van der Waals surface area contributed by atoms with Gasteiger partial charge in [-0.25, -0.2) is 14.6 Å². The first kappa shape index (κ1) is 16.8. The van der Waals surface area contributed by atoms with Crippen molar-refractivity contribution >= 4 is 35.3 Å². The van der Waals surface area contributed by atoms with Gasteiger partial charge in [0, 0.05) is 23.4 Å². The van der Waals surface area contributed by atoms with Gasteiger partial charge in [0.25, 0.3) is 5.69 Å². The van der Waals surface area contributed by atoms with Crippen molar-refractivity contribution in [3.05, 3.63) is 75.5 Å². The van der Waals surface area contributed by atoms with Crippen LogP contribution in [0, 0.1) is 10.1 Å². The molecule has 0 radical (unpaired) electrons. The molecule has 9 nitrogen and oxygen atoms in total. The number of nitrogens with two attached hydrogens (primary N) is 1. The molecule has 26 heavy (non-hydrogen) atoms. The number of non-ortho nitro benzene ring substituents is 1. The van der Waals surface area contributed by atoms with Gasteiger partial charge in [-0.3, -0.25) is 10.1 Å². The van der Waals surface area contributed by atoms with Crippen LogP contribution in [0.5, 0.6) is 0 Å². The van der Waals surface area contributed by atoms with Gasteiger partial charge in [-0.1, -0.05) is 12.1 Å². The van der Waals surface area contributed by atoms with E-state index in [1.54, 1.807) is 30.3 Å². The van der Waals surface area contributed by atoms with E-state index in [0.29, 0.717) is 16.8 Å². The van der Waals surface area contributed by atoms with Crippen molar-refractivity contribution in [1.82, 2.24) is 0 Å². The van der Waals surface area contributed by atoms with Crippen molar-refractivity contribution in [3.63, 3.8) is 0 Å². The summed E-state index contributed by atoms with van der Waals surface area (Å²) in [6, 6.07) is 11.5. The van der Waals surface area contributed by atoms with Gasteiger partial charge in [-0.2, -0.15) is 0 Å². The number of aliphatic imine (C=N–C) groups is 1. The number of anilines is 1. The number of esters is 1. The zero-order chi connectivity index (χ0) is 18.7. The fourth-order valence-corrected chi connectivity index (χ4v) is 2.26. The molecule has 0 fully saturated rings. The van der Waals surface area contributed by atoms with Crippen LogP contribution in [0.3, 0.4) is 0 Å². The van der Waals surface area contributed by atoms with Crippen LogP contribution in [0.2, 0.25) is 0 Å². The molecule has 0 unspecified atom stereocenters. The highest BCUT2D eigenvalue weighted by molar-refractivity contribution is 6.13. The Morgan fingerprint density at radius 2 is 1.96 bits per heavy atom. The molecule has 9 heteroatoms. The second-order valence-electron chi connectivity index (χ2n) is 5.25. The van der Waals surface area contributed by atoms with Gasteiger partial charge in [0.1, 0.15) is 0 Å². The molecule has 1 heterocycles. The first-order valence-corrected chi connectivity index (χ1v) is 7.36. The maximum atomic E-state index is 12.0. The Morgan fingerprint density at radius 1 is 1.23 bits per heavy atom. The summed E-state index contributed by atoms with van der Waals surface area (Å²) >= 11 is 0. The van der Waals surface area contributed by atoms with Crippen LogP contribution >= 0.6 is 0 Å². The zero-order valence-corrected chi connectivity index (χ0v) is 13.2. The molecule has 0 aliphatic carbocycles. The summed E-state index contributed by atoms with van der Waals surface area (Å²) in [5, 5.41) is 13.2. The van der Waals surface area contributed by atoms with Gasteiger partial charge in [-0.05, 0) is 35.9 Å². The fourth-order valence-electron chi connectivity index (χ4n) is 2.26. The zero-order valence-electron chi connectivity index (χ0n) is 13.2. The Kier molecular flexibility index (Phi) is 4.44. The molecular formula is C17H12N4O5. The third kappa shape index (κ3) is 3.73. The number of ether oxygens (including phenoxy) is 1. The summed E-state index contributed by atoms with van der Waals surface area (Å²) < 4.78 is 5.13. The number of hydrogen-bond acceptors (Lipinski definition) is 6. The number of nitro groups is 1. The molecule has 0 bridgehead atoms. The van der Waals surface area contributed by atoms with Crippen LogP contribution < -0.4 is 11.1 Å². The van der Waals surface area contributed by atoms with Crippen molar-refractivity contribution in [2.24, 2.45) is 10.7 Å². The van der Waals surface area contributed by atoms with E-state index in [4.69, 9.17) is 10.5 Å². The highest BCUT2D eigenvalue weighted by Crippen LogP contribution is 2.22. The van der Waals surface area contributed by atoms with Crippen molar-refractivity contribution in [2.45, 2.75) is 0 Å². The molecule has 3 rings (SSSR count). The smallest absolute Gasteiger partial charge is 0.363 e. The molecule has 0 aromatic heterocycles. The van der Waals surface area contributed by atoms with Crippen molar-refractivity contribution in [3.8, 4) is 0 Å². The number of hydrogen-bond donors (Lipinski definition) is 2. The topological polar surface area (TPSA) is 137 Å². The van der Waals surface area contributed by atoms with E-state index in [2.05, 4.69) is 10.3 Å². The molecule has 2 aromatic rings. The highest BCUT2D eigenvalue weighted by atomic mass is 16.6. The van der Waals surface area contributed by atoms with Gasteiger partial charge in [-0.15, -0.1) is 0 Å². The first-order chi connectivity index (χ1) is 12.4. The lowest BCUT2D eigenvalue weighted by Crippen LogP contribution is -2.19. The van der Waals surface area contributed by atoms with E-state index in [1.165, 1.54) is 24.3 Å². The Morgan fingerprint density at radius 3 is 2.62 bits per heavy atom. The molecular weight excluding hydrogens is 340 g/mol. The third-order valence-corrected chi connectivity index (χ3v) is 3.40. The van der Waals surface area contributed by atoms with E-state index in [1.807, 2.05) is 0 Å². The summed E-state index contributed by atoms with van der Waals surface area (Å²) in [6.07, 6.45) is 1.41. The summed E-state index contributed by atoms with van der Waals surface area (Å²) in [4.78, 5) is 37.2. The maximum Gasteiger partial charge on any atom is 0.363 e. The average molecular weight is 352 g/mol. The molecule has 0 saturated heterocycles. The molecule has 2 amide bonds. The van der Waals surface area contributed by atoms with Crippen LogP contribution in [0.1, 0.15) is 11.1 Å². The van der Waals surface area contributed by atoms with Crippen LogP contribution in [-0.2, 0) is 9.53 Å². The molecule has 0 spiro atoms. The van der Waals surface area contributed by atoms with E-state index < -0.39 is 16.9 Å². The quantitative estimate of drug-likeness (QED) is 0.377. The number of carbonyl (C=O) groups excluding carboxylic acids is 2. The van der Waals surface area contributed by atoms with Crippen LogP contribution in [0.25, 0.3) is 6.08 Å². The second-order valence-corrected chi connectivity index (χ2v) is 5.25. The van der Waals surface area contributed by atoms with Crippen LogP contribution in [0.15, 0.2) is 59.2 Å². The van der Waals surface area contributed by atoms with Gasteiger partial charge >= 0.3 is 12.0 Å². The fraction of sp³-hybridized carbons (Fsp3) is 0. The van der Waals surface area contributed by atoms with Gasteiger partial charge in [0.15, 0.2) is 5.70 Å². The average Bonchev–Trinajstić information content (AvgIpc) is 2.96. The molecule has 130 valence electrons. The Balaban J connectivity index is 1.86. The predicted octanol–water partition coefficient (Wildman–Crippen LogP) is 2.43. The second kappa shape index (κ2) is 6.85. The van der Waals surface area contributed by atoms with Crippen molar-refractivity contribution in [1.29, 1.82) is 0 Å². The van der Waals surface area contributed by atoms with Crippen LogP contribution in [0.4, 0.5) is 16.2 Å². The number of amides is 2. The van der Waals surface area contributed by atoms with Gasteiger partial charge in [0.2, 0.25) is 5.90 Å². The number of rotatable bonds is 4. The summed E-state index contributed by atoms with van der Waals surface area (Å²) in [5.41, 5.74) is 6.43. The third-order valence-electron chi connectivity index (χ3n) is 3.40. The number of nitrogens with zero attached hydrogens (tertiary/aromatic N) is 2. The molecule has 2 aromatic carbocycles. The van der Waals surface area contributed by atoms with Gasteiger partial charge in [0.05, 0.1) is 4.92 Å². The number of carbonyl (C=O) groups is 2. The molecule has 3 N–H and O–H groups in total. The molecule has 0 atom stereocenters. The van der Waals surface area contributed by atoms with Crippen molar-refractivity contribution in [2.75, 3.05) is 5.32 Å². The number of cyclic esters (lactones) is 1. The highest BCUT2D eigenvalue weighted by Gasteiger charge is 2.24. The normalized spacial score (nSPS) is 14.7. The monoisotopic (exact) mass is 352 g/mol. The standard InChI is InChI=1S/C17H12N4O5/c18-17(23)19-12-6-4-11(5-7-12)15-20-14(16(22)26-15)9-10-2-1-3-13(8-10)21(24)25/h1-9H,(H3,18,19,23). The molecule has 1 aliphatic heterocycles. The van der Waals surface area contributed by atoms with E-state index in [-0.39, 0.29) is 17.3 Å². The minimum atomic E-state index is -0.690. The van der Waals surface area contributed by atoms with Crippen molar-refractivity contribution < 1.29 is 19.2 Å². The number of primary amides is 1. The summed E-state index contributed by atoms with van der Waals surface area (Å²) in [6.45, 7) is 0. The Bertz CT molecular complexity index is 963. The first-order valence-electron chi connectivity index (χ1n) is 7.36. The van der Waals surface area contributed by atoms with Gasteiger partial charge < -0.3 is 15.8 Å². The largest absolute Gasteiger partial charge is 0.402 e. The lowest BCUT2D eigenvalue weighted by atomic mass is 10.1. The number of nitrogens with one attached hydrogen (secondary N) is 1. The van der Waals surface area contributed by atoms with Crippen LogP contribution in [-0.4, -0.2) is 22.8 Å². The minimum absolute atomic E-state index is 0.0276. The van der Waals surface area contributed by atoms with E-state index in [0.717, 1.165) is 0 Å². The SMILES string of the molecule is NC(=O)Nc1ccc(C2=NC(=Cc3cccc([N+](=O)[O-])c3)C(=O)O2)cc1. The van der Waals surface area contributed by atoms with E-state index in [9.17, 15) is 19.7 Å². The molecule has 0 saturated carbocycles.